The number of carbonyl (C=O) groups is 3. The summed E-state index contributed by atoms with van der Waals surface area (Å²) in [5.41, 5.74) is 7.72. The van der Waals surface area contributed by atoms with E-state index in [0.29, 0.717) is 37.4 Å². The fraction of sp³-hybridized carbons (Fsp3) is 0.550. The normalized spacial score (nSPS) is 24.0. The molecule has 1 heterocycles. The number of carbonyl (C=O) groups excluding carboxylic acids is 2. The zero-order chi connectivity index (χ0) is 22.6. The van der Waals surface area contributed by atoms with Crippen molar-refractivity contribution in [2.45, 2.75) is 31.2 Å². The van der Waals surface area contributed by atoms with Gasteiger partial charge in [-0.15, -0.1) is 0 Å². The maximum Gasteiger partial charge on any atom is 0.307 e. The molecule has 2 aliphatic rings. The molecule has 1 aliphatic carbocycles. The summed E-state index contributed by atoms with van der Waals surface area (Å²) in [6.45, 7) is 1.85. The highest BCUT2D eigenvalue weighted by atomic mass is 19.3. The van der Waals surface area contributed by atoms with Gasteiger partial charge in [0, 0.05) is 37.4 Å². The molecule has 166 valence electrons. The Morgan fingerprint density at radius 2 is 1.84 bits per heavy atom. The van der Waals surface area contributed by atoms with Gasteiger partial charge in [0.05, 0.1) is 19.1 Å². The van der Waals surface area contributed by atoms with Crippen molar-refractivity contribution in [2.24, 2.45) is 17.0 Å². The Labute approximate surface area is 176 Å². The van der Waals surface area contributed by atoms with Gasteiger partial charge in [-0.25, -0.2) is 8.78 Å². The van der Waals surface area contributed by atoms with Crippen LogP contribution in [0.2, 0.25) is 0 Å². The summed E-state index contributed by atoms with van der Waals surface area (Å²) in [5, 5.41) is 13.0. The maximum absolute atomic E-state index is 13.7. The number of Topliss-reactive ketones (excluding diaryl/α,β-unsaturated/α-hetero) is 1. The van der Waals surface area contributed by atoms with Gasteiger partial charge in [0.15, 0.2) is 5.78 Å². The van der Waals surface area contributed by atoms with E-state index in [9.17, 15) is 28.3 Å². The predicted molar refractivity (Wildman–Crippen MR) is 102 cm³/mol. The van der Waals surface area contributed by atoms with E-state index in [1.807, 2.05) is 0 Å². The molecule has 1 aromatic rings. The van der Waals surface area contributed by atoms with Crippen LogP contribution in [0.1, 0.15) is 41.2 Å². The standard InChI is InChI=1S/C20H22F2N4O5/c21-20(22)6-5-14(15(11-20)19(29)30)17(27)16(24-25-23)12-1-3-13(4-2-12)18(28)26-7-9-31-10-8-26/h1-4,14-16,23H,5-11H2/p+1. The Hall–Kier alpha value is -3.04. The minimum atomic E-state index is -3.15. The smallest absolute Gasteiger partial charge is 0.307 e. The Morgan fingerprint density at radius 1 is 1.19 bits per heavy atom. The van der Waals surface area contributed by atoms with Gasteiger partial charge >= 0.3 is 5.97 Å². The Balaban J connectivity index is 1.81. The Bertz CT molecular complexity index is 895. The van der Waals surface area contributed by atoms with Crippen molar-refractivity contribution < 1.29 is 33.0 Å². The van der Waals surface area contributed by atoms with Crippen LogP contribution in [0.25, 0.3) is 0 Å². The van der Waals surface area contributed by atoms with Gasteiger partial charge < -0.3 is 14.7 Å². The number of morpholine rings is 1. The molecule has 1 amide bonds. The molecule has 0 radical (unpaired) electrons. The number of carboxylic acids is 1. The minimum Gasteiger partial charge on any atom is -0.481 e. The summed E-state index contributed by atoms with van der Waals surface area (Å²) >= 11 is 0. The minimum absolute atomic E-state index is 0.194. The van der Waals surface area contributed by atoms with Crippen molar-refractivity contribution in [3.63, 3.8) is 0 Å². The second-order valence-corrected chi connectivity index (χ2v) is 7.70. The van der Waals surface area contributed by atoms with Gasteiger partial charge in [-0.1, -0.05) is 12.1 Å². The molecule has 3 unspecified atom stereocenters. The molecule has 11 heteroatoms. The van der Waals surface area contributed by atoms with Crippen molar-refractivity contribution >= 4 is 17.7 Å². The number of hydrogen-bond acceptors (Lipinski definition) is 6. The quantitative estimate of drug-likeness (QED) is 0.521. The number of halogens is 2. The van der Waals surface area contributed by atoms with Gasteiger partial charge in [-0.2, -0.15) is 0 Å². The van der Waals surface area contributed by atoms with Gasteiger partial charge in [0.1, 0.15) is 10.6 Å². The van der Waals surface area contributed by atoms with Crippen molar-refractivity contribution in [1.82, 2.24) is 9.81 Å². The van der Waals surface area contributed by atoms with Crippen LogP contribution < -0.4 is 4.91 Å². The fourth-order valence-corrected chi connectivity index (χ4v) is 4.04. The van der Waals surface area contributed by atoms with Crippen LogP contribution in [-0.2, 0) is 14.3 Å². The first-order valence-electron chi connectivity index (χ1n) is 9.91. The highest BCUT2D eigenvalue weighted by molar-refractivity contribution is 5.95. The average molecular weight is 437 g/mol. The molecule has 1 aromatic carbocycles. The van der Waals surface area contributed by atoms with Gasteiger partial charge in [-0.05, 0) is 24.1 Å². The van der Waals surface area contributed by atoms with E-state index < -0.39 is 48.4 Å². The molecule has 1 aliphatic heterocycles. The largest absolute Gasteiger partial charge is 0.481 e. The second kappa shape index (κ2) is 9.40. The van der Waals surface area contributed by atoms with Crippen LogP contribution in [-0.4, -0.2) is 59.9 Å². The number of benzene rings is 1. The molecule has 1 saturated carbocycles. The van der Waals surface area contributed by atoms with Crippen LogP contribution in [0.5, 0.6) is 0 Å². The Morgan fingerprint density at radius 3 is 2.42 bits per heavy atom. The van der Waals surface area contributed by atoms with Crippen molar-refractivity contribution in [3.05, 3.63) is 35.4 Å². The topological polar surface area (TPSA) is 134 Å². The molecule has 3 atom stereocenters. The van der Waals surface area contributed by atoms with E-state index in [1.165, 1.54) is 24.3 Å². The zero-order valence-corrected chi connectivity index (χ0v) is 16.7. The molecule has 0 aromatic heterocycles. The number of carboxylic acid groups (broad SMARTS) is 1. The van der Waals surface area contributed by atoms with Crippen LogP contribution >= 0.6 is 0 Å². The summed E-state index contributed by atoms with van der Waals surface area (Å²) in [7, 11) is 0. The third kappa shape index (κ3) is 5.18. The highest BCUT2D eigenvalue weighted by Gasteiger charge is 2.49. The molecule has 9 nitrogen and oxygen atoms in total. The lowest BCUT2D eigenvalue weighted by Crippen LogP contribution is -2.41. The van der Waals surface area contributed by atoms with Crippen LogP contribution in [0.3, 0.4) is 0 Å². The summed E-state index contributed by atoms with van der Waals surface area (Å²) in [5.74, 6) is -8.19. The number of rotatable bonds is 6. The lowest BCUT2D eigenvalue weighted by atomic mass is 9.73. The van der Waals surface area contributed by atoms with Gasteiger partial charge in [-0.3, -0.25) is 14.4 Å². The number of aliphatic carboxylic acids is 1. The van der Waals surface area contributed by atoms with Crippen molar-refractivity contribution in [3.8, 4) is 0 Å². The monoisotopic (exact) mass is 437 g/mol. The lowest BCUT2D eigenvalue weighted by molar-refractivity contribution is -0.157. The summed E-state index contributed by atoms with van der Waals surface area (Å²) in [6, 6.07) is 4.69. The number of ether oxygens (including phenoxy) is 1. The average Bonchev–Trinajstić information content (AvgIpc) is 2.76. The predicted octanol–water partition coefficient (Wildman–Crippen LogP) is 2.46. The number of hydrogen-bond donors (Lipinski definition) is 2. The first kappa shape index (κ1) is 22.6. The number of amides is 1. The zero-order valence-electron chi connectivity index (χ0n) is 16.7. The molecule has 31 heavy (non-hydrogen) atoms. The van der Waals surface area contributed by atoms with E-state index in [4.69, 9.17) is 10.3 Å². The molecule has 0 spiro atoms. The number of ketones is 1. The highest BCUT2D eigenvalue weighted by Crippen LogP contribution is 2.42. The van der Waals surface area contributed by atoms with Gasteiger partial charge in [0.25, 0.3) is 5.91 Å². The third-order valence-corrected chi connectivity index (χ3v) is 5.72. The lowest BCUT2D eigenvalue weighted by Gasteiger charge is -2.33. The SMILES string of the molecule is N=[N+]=NC(C(=O)C1CCC(F)(F)CC1C(=O)O)c1ccc(C(=O)N2CCOCC2)cc1. The first-order valence-corrected chi connectivity index (χ1v) is 9.91. The molecular formula is C20H23F2N4O5+. The second-order valence-electron chi connectivity index (χ2n) is 7.70. The molecular weight excluding hydrogens is 414 g/mol. The molecule has 3 rings (SSSR count). The van der Waals surface area contributed by atoms with E-state index in [0.717, 1.165) is 0 Å². The van der Waals surface area contributed by atoms with Crippen LogP contribution in [0, 0.1) is 17.4 Å². The van der Waals surface area contributed by atoms with Crippen LogP contribution in [0.4, 0.5) is 8.78 Å². The molecule has 2 N–H and O–H groups in total. The number of nitrogens with one attached hydrogen (secondary N) is 1. The first-order chi connectivity index (χ1) is 14.7. The summed E-state index contributed by atoms with van der Waals surface area (Å²) < 4.78 is 32.6. The maximum atomic E-state index is 13.7. The third-order valence-electron chi connectivity index (χ3n) is 5.72. The number of alkyl halides is 2. The van der Waals surface area contributed by atoms with E-state index in [2.05, 4.69) is 10.0 Å². The van der Waals surface area contributed by atoms with Crippen molar-refractivity contribution in [1.29, 1.82) is 5.53 Å². The van der Waals surface area contributed by atoms with E-state index >= 15 is 0 Å². The number of nitrogens with zero attached hydrogens (tertiary/aromatic N) is 3. The molecule has 2 fully saturated rings. The fourth-order valence-electron chi connectivity index (χ4n) is 4.04. The van der Waals surface area contributed by atoms with E-state index in [1.54, 1.807) is 4.90 Å². The Kier molecular flexibility index (Phi) is 6.87. The van der Waals surface area contributed by atoms with E-state index in [-0.39, 0.29) is 12.3 Å². The molecule has 1 saturated heterocycles. The van der Waals surface area contributed by atoms with Crippen molar-refractivity contribution in [2.75, 3.05) is 26.3 Å². The molecule has 0 bridgehead atoms. The summed E-state index contributed by atoms with van der Waals surface area (Å²) in [4.78, 5) is 41.7. The van der Waals surface area contributed by atoms with Gasteiger partial charge in [0.2, 0.25) is 16.9 Å². The summed E-state index contributed by atoms with van der Waals surface area (Å²) in [6.07, 6.45) is -1.80. The van der Waals surface area contributed by atoms with Crippen LogP contribution in [0.15, 0.2) is 29.4 Å².